The second-order valence-electron chi connectivity index (χ2n) is 5.33. The quantitative estimate of drug-likeness (QED) is 0.868. The molecule has 110 valence electrons. The Labute approximate surface area is 124 Å². The van der Waals surface area contributed by atoms with E-state index in [1.165, 1.54) is 6.07 Å². The summed E-state index contributed by atoms with van der Waals surface area (Å²) in [6, 6.07) is 9.46. The van der Waals surface area contributed by atoms with Gasteiger partial charge in [-0.1, -0.05) is 6.07 Å². The van der Waals surface area contributed by atoms with Crippen molar-refractivity contribution in [1.82, 2.24) is 9.97 Å². The molecule has 2 aromatic heterocycles. The zero-order valence-electron chi connectivity index (χ0n) is 12.1. The summed E-state index contributed by atoms with van der Waals surface area (Å²) in [6.45, 7) is 1.63. The maximum Gasteiger partial charge on any atom is 0.165 e. The number of anilines is 2. The van der Waals surface area contributed by atoms with Crippen molar-refractivity contribution in [2.45, 2.75) is 18.9 Å². The molecular formula is C16H19FN4. The van der Waals surface area contributed by atoms with Crippen LogP contribution in [0.25, 0.3) is 0 Å². The van der Waals surface area contributed by atoms with Gasteiger partial charge in [0.25, 0.3) is 0 Å². The summed E-state index contributed by atoms with van der Waals surface area (Å²) >= 11 is 0. The summed E-state index contributed by atoms with van der Waals surface area (Å²) in [5.41, 5.74) is 0. The molecule has 0 amide bonds. The molecule has 0 atom stereocenters. The monoisotopic (exact) mass is 286 g/mol. The zero-order chi connectivity index (χ0) is 14.7. The molecule has 0 radical (unpaired) electrons. The Morgan fingerprint density at radius 3 is 2.52 bits per heavy atom. The van der Waals surface area contributed by atoms with Gasteiger partial charge < -0.3 is 9.80 Å². The van der Waals surface area contributed by atoms with Crippen LogP contribution in [0.1, 0.15) is 12.8 Å². The summed E-state index contributed by atoms with van der Waals surface area (Å²) in [5, 5.41) is 0. The molecule has 0 spiro atoms. The molecule has 0 bridgehead atoms. The van der Waals surface area contributed by atoms with E-state index in [-0.39, 0.29) is 5.82 Å². The number of rotatable bonds is 3. The maximum atomic E-state index is 13.8. The summed E-state index contributed by atoms with van der Waals surface area (Å²) in [5.74, 6) is 1.21. The zero-order valence-corrected chi connectivity index (χ0v) is 12.1. The first kappa shape index (κ1) is 13.8. The molecule has 3 heterocycles. The summed E-state index contributed by atoms with van der Waals surface area (Å²) in [4.78, 5) is 12.8. The first-order valence-corrected chi connectivity index (χ1v) is 7.25. The van der Waals surface area contributed by atoms with E-state index in [1.54, 1.807) is 12.3 Å². The van der Waals surface area contributed by atoms with Gasteiger partial charge in [0.1, 0.15) is 5.82 Å². The fraction of sp³-hybridized carbons (Fsp3) is 0.375. The van der Waals surface area contributed by atoms with Gasteiger partial charge in [0.15, 0.2) is 11.6 Å². The standard InChI is InChI=1S/C16H19FN4/c1-20(15-6-2-3-9-18-15)13-7-11-21(12-8-13)16-14(17)5-4-10-19-16/h2-6,9-10,13H,7-8,11-12H2,1H3. The summed E-state index contributed by atoms with van der Waals surface area (Å²) in [6.07, 6.45) is 5.40. The van der Waals surface area contributed by atoms with Gasteiger partial charge in [-0.15, -0.1) is 0 Å². The fourth-order valence-corrected chi connectivity index (χ4v) is 2.82. The van der Waals surface area contributed by atoms with Gasteiger partial charge in [0.2, 0.25) is 0 Å². The molecule has 1 saturated heterocycles. The van der Waals surface area contributed by atoms with E-state index in [0.29, 0.717) is 11.9 Å². The normalized spacial score (nSPS) is 16.0. The van der Waals surface area contributed by atoms with Crippen molar-refractivity contribution in [2.24, 2.45) is 0 Å². The van der Waals surface area contributed by atoms with Crippen LogP contribution in [0.3, 0.4) is 0 Å². The van der Waals surface area contributed by atoms with Crippen LogP contribution >= 0.6 is 0 Å². The van der Waals surface area contributed by atoms with E-state index in [1.807, 2.05) is 29.3 Å². The van der Waals surface area contributed by atoms with Crippen LogP contribution in [-0.2, 0) is 0 Å². The highest BCUT2D eigenvalue weighted by molar-refractivity contribution is 5.42. The maximum absolute atomic E-state index is 13.8. The van der Waals surface area contributed by atoms with Gasteiger partial charge in [-0.25, -0.2) is 14.4 Å². The molecule has 0 saturated carbocycles. The third-order valence-electron chi connectivity index (χ3n) is 4.06. The molecule has 0 unspecified atom stereocenters. The van der Waals surface area contributed by atoms with E-state index < -0.39 is 0 Å². The lowest BCUT2D eigenvalue weighted by molar-refractivity contribution is 0.471. The van der Waals surface area contributed by atoms with E-state index in [4.69, 9.17) is 0 Å². The predicted octanol–water partition coefficient (Wildman–Crippen LogP) is 2.72. The second kappa shape index (κ2) is 6.08. The topological polar surface area (TPSA) is 32.3 Å². The predicted molar refractivity (Wildman–Crippen MR) is 82.1 cm³/mol. The van der Waals surface area contributed by atoms with Crippen molar-refractivity contribution in [3.63, 3.8) is 0 Å². The molecular weight excluding hydrogens is 267 g/mol. The van der Waals surface area contributed by atoms with Crippen molar-refractivity contribution in [3.05, 3.63) is 48.5 Å². The Kier molecular flexibility index (Phi) is 3.99. The van der Waals surface area contributed by atoms with Crippen LogP contribution in [-0.4, -0.2) is 36.1 Å². The third kappa shape index (κ3) is 2.96. The van der Waals surface area contributed by atoms with Gasteiger partial charge >= 0.3 is 0 Å². The number of nitrogens with zero attached hydrogens (tertiary/aromatic N) is 4. The number of hydrogen-bond donors (Lipinski definition) is 0. The van der Waals surface area contributed by atoms with E-state index >= 15 is 0 Å². The van der Waals surface area contributed by atoms with Crippen molar-refractivity contribution < 1.29 is 4.39 Å². The molecule has 4 nitrogen and oxygen atoms in total. The van der Waals surface area contributed by atoms with Gasteiger partial charge in [0, 0.05) is 38.6 Å². The molecule has 2 aromatic rings. The largest absolute Gasteiger partial charge is 0.357 e. The molecule has 5 heteroatoms. The summed E-state index contributed by atoms with van der Waals surface area (Å²) < 4.78 is 13.8. The van der Waals surface area contributed by atoms with Crippen molar-refractivity contribution in [3.8, 4) is 0 Å². The lowest BCUT2D eigenvalue weighted by Gasteiger charge is -2.37. The molecule has 1 aliphatic heterocycles. The average molecular weight is 286 g/mol. The first-order chi connectivity index (χ1) is 10.3. The number of hydrogen-bond acceptors (Lipinski definition) is 4. The van der Waals surface area contributed by atoms with Gasteiger partial charge in [0.05, 0.1) is 0 Å². The van der Waals surface area contributed by atoms with Crippen LogP contribution in [0, 0.1) is 5.82 Å². The molecule has 21 heavy (non-hydrogen) atoms. The van der Waals surface area contributed by atoms with Gasteiger partial charge in [-0.3, -0.25) is 0 Å². The van der Waals surface area contributed by atoms with Gasteiger partial charge in [-0.2, -0.15) is 0 Å². The third-order valence-corrected chi connectivity index (χ3v) is 4.06. The van der Waals surface area contributed by atoms with E-state index in [9.17, 15) is 4.39 Å². The van der Waals surface area contributed by atoms with Gasteiger partial charge in [-0.05, 0) is 37.1 Å². The Bertz CT molecular complexity index is 582. The van der Waals surface area contributed by atoms with Crippen LogP contribution < -0.4 is 9.80 Å². The molecule has 1 aliphatic rings. The number of pyridine rings is 2. The minimum absolute atomic E-state index is 0.242. The van der Waals surface area contributed by atoms with Crippen LogP contribution in [0.2, 0.25) is 0 Å². The fourth-order valence-electron chi connectivity index (χ4n) is 2.82. The lowest BCUT2D eigenvalue weighted by atomic mass is 10.0. The minimum atomic E-state index is -0.242. The minimum Gasteiger partial charge on any atom is -0.357 e. The van der Waals surface area contributed by atoms with E-state index in [0.717, 1.165) is 31.7 Å². The van der Waals surface area contributed by atoms with E-state index in [2.05, 4.69) is 21.9 Å². The smallest absolute Gasteiger partial charge is 0.165 e. The highest BCUT2D eigenvalue weighted by Gasteiger charge is 2.25. The Morgan fingerprint density at radius 1 is 1.10 bits per heavy atom. The Balaban J connectivity index is 1.64. The SMILES string of the molecule is CN(c1ccccn1)C1CCN(c2ncccc2F)CC1. The number of halogens is 1. The van der Waals surface area contributed by atoms with Crippen molar-refractivity contribution in [1.29, 1.82) is 0 Å². The number of aromatic nitrogens is 2. The Morgan fingerprint density at radius 2 is 1.86 bits per heavy atom. The second-order valence-corrected chi connectivity index (χ2v) is 5.33. The first-order valence-electron chi connectivity index (χ1n) is 7.25. The molecule has 0 aliphatic carbocycles. The Hall–Kier alpha value is -2.17. The van der Waals surface area contributed by atoms with Crippen molar-refractivity contribution in [2.75, 3.05) is 29.9 Å². The highest BCUT2D eigenvalue weighted by atomic mass is 19.1. The van der Waals surface area contributed by atoms with Crippen LogP contribution in [0.4, 0.5) is 16.0 Å². The van der Waals surface area contributed by atoms with Crippen LogP contribution in [0.5, 0.6) is 0 Å². The number of piperidine rings is 1. The molecule has 1 fully saturated rings. The molecule has 0 aromatic carbocycles. The highest BCUT2D eigenvalue weighted by Crippen LogP contribution is 2.24. The van der Waals surface area contributed by atoms with Crippen LogP contribution in [0.15, 0.2) is 42.7 Å². The lowest BCUT2D eigenvalue weighted by Crippen LogP contribution is -2.44. The molecule has 3 rings (SSSR count). The average Bonchev–Trinajstić information content (AvgIpc) is 2.56. The summed E-state index contributed by atoms with van der Waals surface area (Å²) in [7, 11) is 2.07. The molecule has 0 N–H and O–H groups in total. The van der Waals surface area contributed by atoms with Crippen molar-refractivity contribution >= 4 is 11.6 Å².